The molecule has 0 atom stereocenters. The lowest BCUT2D eigenvalue weighted by atomic mass is 10.1. The van der Waals surface area contributed by atoms with Crippen molar-refractivity contribution in [3.8, 4) is 0 Å². The van der Waals surface area contributed by atoms with E-state index in [9.17, 15) is 4.39 Å². The monoisotopic (exact) mass is 276 g/mol. The Labute approximate surface area is 122 Å². The lowest BCUT2D eigenvalue weighted by Crippen LogP contribution is -2.15. The van der Waals surface area contributed by atoms with Crippen molar-refractivity contribution >= 4 is 12.4 Å². The molecule has 0 aliphatic heterocycles. The van der Waals surface area contributed by atoms with Crippen molar-refractivity contribution in [1.82, 2.24) is 0 Å². The lowest BCUT2D eigenvalue weighted by Gasteiger charge is -2.21. The highest BCUT2D eigenvalue weighted by Crippen LogP contribution is 2.23. The van der Waals surface area contributed by atoms with Crippen LogP contribution in [0.2, 0.25) is 0 Å². The van der Waals surface area contributed by atoms with Crippen LogP contribution in [0, 0.1) is 5.82 Å². The van der Waals surface area contributed by atoms with E-state index in [0.29, 0.717) is 0 Å². The highest BCUT2D eigenvalue weighted by Gasteiger charge is 2.10. The molecule has 0 aliphatic carbocycles. The van der Waals surface area contributed by atoms with Crippen molar-refractivity contribution in [1.29, 1.82) is 0 Å². The molecule has 110 valence electrons. The number of anilines is 1. The van der Waals surface area contributed by atoms with Gasteiger partial charge in [0.15, 0.2) is 0 Å². The minimum Gasteiger partial charge on any atom is -0.234 e. The Morgan fingerprint density at radius 2 is 1.60 bits per heavy atom. The van der Waals surface area contributed by atoms with Crippen molar-refractivity contribution in [2.45, 2.75) is 41.5 Å². The highest BCUT2D eigenvalue weighted by molar-refractivity contribution is 5.56. The summed E-state index contributed by atoms with van der Waals surface area (Å²) in [5.74, 6) is -0.260. The van der Waals surface area contributed by atoms with Gasteiger partial charge in [-0.3, -0.25) is 0 Å². The van der Waals surface area contributed by atoms with Gasteiger partial charge in [-0.05, 0) is 58.0 Å². The molecule has 0 N–H and O–H groups in total. The summed E-state index contributed by atoms with van der Waals surface area (Å²) in [4.78, 5) is 0. The third-order valence-electron chi connectivity index (χ3n) is 2.38. The minimum absolute atomic E-state index is 0.260. The van der Waals surface area contributed by atoms with Gasteiger partial charge in [0, 0.05) is 6.72 Å². The van der Waals surface area contributed by atoms with Crippen LogP contribution in [0.3, 0.4) is 0 Å². The molecular weight excluding hydrogens is 251 g/mol. The van der Waals surface area contributed by atoms with E-state index in [1.165, 1.54) is 17.7 Å². The first-order valence-corrected chi connectivity index (χ1v) is 6.80. The fraction of sp³-hybridized carbons (Fsp3) is 0.353. The largest absolute Gasteiger partial charge is 0.234 e. The molecule has 2 nitrogen and oxygen atoms in total. The van der Waals surface area contributed by atoms with Crippen LogP contribution >= 0.6 is 0 Å². The third-order valence-corrected chi connectivity index (χ3v) is 2.38. The second-order valence-corrected chi connectivity index (χ2v) is 4.54. The maximum atomic E-state index is 12.9. The van der Waals surface area contributed by atoms with E-state index in [1.807, 2.05) is 47.6 Å². The molecule has 0 saturated carbocycles. The fourth-order valence-corrected chi connectivity index (χ4v) is 1.57. The van der Waals surface area contributed by atoms with Crippen LogP contribution < -0.4 is 5.01 Å². The summed E-state index contributed by atoms with van der Waals surface area (Å²) in [7, 11) is 0. The molecule has 0 heterocycles. The van der Waals surface area contributed by atoms with Gasteiger partial charge in [-0.2, -0.15) is 5.10 Å². The van der Waals surface area contributed by atoms with E-state index in [4.69, 9.17) is 0 Å². The molecule has 1 aromatic carbocycles. The molecule has 20 heavy (non-hydrogen) atoms. The van der Waals surface area contributed by atoms with Gasteiger partial charge in [0.1, 0.15) is 5.82 Å². The molecular formula is C17H25FN2. The molecule has 0 unspecified atom stereocenters. The normalized spacial score (nSPS) is 8.95. The van der Waals surface area contributed by atoms with Crippen LogP contribution in [-0.2, 0) is 0 Å². The summed E-state index contributed by atoms with van der Waals surface area (Å²) in [6, 6.07) is 6.20. The average Bonchev–Trinajstić information content (AvgIpc) is 2.42. The Kier molecular flexibility index (Phi) is 8.21. The maximum absolute atomic E-state index is 12.9. The molecule has 0 aliphatic rings. The van der Waals surface area contributed by atoms with Gasteiger partial charge < -0.3 is 0 Å². The Morgan fingerprint density at radius 1 is 1.10 bits per heavy atom. The SMILES string of the molecule is C=NN(C(C=C(C)C)=C(C)C)c1ccc(F)cc1.CC. The summed E-state index contributed by atoms with van der Waals surface area (Å²) in [5.41, 5.74) is 4.03. The van der Waals surface area contributed by atoms with E-state index in [0.717, 1.165) is 17.0 Å². The topological polar surface area (TPSA) is 15.6 Å². The molecule has 0 bridgehead atoms. The highest BCUT2D eigenvalue weighted by atomic mass is 19.1. The summed E-state index contributed by atoms with van der Waals surface area (Å²) >= 11 is 0. The van der Waals surface area contributed by atoms with Gasteiger partial charge in [0.25, 0.3) is 0 Å². The second-order valence-electron chi connectivity index (χ2n) is 4.54. The van der Waals surface area contributed by atoms with Crippen molar-refractivity contribution in [3.05, 3.63) is 53.0 Å². The number of rotatable bonds is 4. The molecule has 0 fully saturated rings. The molecule has 0 aromatic heterocycles. The number of hydrogen-bond acceptors (Lipinski definition) is 2. The van der Waals surface area contributed by atoms with Gasteiger partial charge in [0.2, 0.25) is 0 Å². The van der Waals surface area contributed by atoms with Gasteiger partial charge >= 0.3 is 0 Å². The van der Waals surface area contributed by atoms with Gasteiger partial charge in [-0.25, -0.2) is 9.40 Å². The van der Waals surface area contributed by atoms with E-state index in [2.05, 4.69) is 11.8 Å². The Hall–Kier alpha value is -1.90. The summed E-state index contributed by atoms with van der Waals surface area (Å²) in [6.07, 6.45) is 2.04. The Balaban J connectivity index is 0.00000172. The van der Waals surface area contributed by atoms with Gasteiger partial charge in [-0.15, -0.1) is 0 Å². The van der Waals surface area contributed by atoms with Gasteiger partial charge in [-0.1, -0.05) is 25.0 Å². The first-order chi connectivity index (χ1) is 9.45. The molecule has 1 rings (SSSR count). The van der Waals surface area contributed by atoms with Crippen molar-refractivity contribution < 1.29 is 4.39 Å². The maximum Gasteiger partial charge on any atom is 0.123 e. The summed E-state index contributed by atoms with van der Waals surface area (Å²) in [5, 5.41) is 5.73. The van der Waals surface area contributed by atoms with Crippen LogP contribution in [0.4, 0.5) is 10.1 Å². The zero-order valence-electron chi connectivity index (χ0n) is 13.4. The molecule has 0 spiro atoms. The van der Waals surface area contributed by atoms with Crippen molar-refractivity contribution in [2.75, 3.05) is 5.01 Å². The van der Waals surface area contributed by atoms with E-state index in [-0.39, 0.29) is 5.82 Å². The second kappa shape index (κ2) is 9.08. The molecule has 3 heteroatoms. The number of hydrazone groups is 1. The predicted octanol–water partition coefficient (Wildman–Crippen LogP) is 5.53. The number of halogens is 1. The first kappa shape index (κ1) is 18.1. The molecule has 0 radical (unpaired) electrons. The quantitative estimate of drug-likeness (QED) is 0.401. The summed E-state index contributed by atoms with van der Waals surface area (Å²) in [6.45, 7) is 15.7. The number of benzene rings is 1. The number of hydrogen-bond donors (Lipinski definition) is 0. The molecule has 0 amide bonds. The fourth-order valence-electron chi connectivity index (χ4n) is 1.57. The Bertz CT molecular complexity index is 476. The molecule has 0 saturated heterocycles. The van der Waals surface area contributed by atoms with E-state index in [1.54, 1.807) is 17.1 Å². The van der Waals surface area contributed by atoms with Crippen LogP contribution in [-0.4, -0.2) is 6.72 Å². The average molecular weight is 276 g/mol. The smallest absolute Gasteiger partial charge is 0.123 e. The minimum atomic E-state index is -0.260. The van der Waals surface area contributed by atoms with Crippen LogP contribution in [0.25, 0.3) is 0 Å². The van der Waals surface area contributed by atoms with Crippen LogP contribution in [0.1, 0.15) is 41.5 Å². The molecule has 1 aromatic rings. The van der Waals surface area contributed by atoms with Crippen LogP contribution in [0.5, 0.6) is 0 Å². The van der Waals surface area contributed by atoms with E-state index >= 15 is 0 Å². The number of allylic oxidation sites excluding steroid dienone is 3. The van der Waals surface area contributed by atoms with Gasteiger partial charge in [0.05, 0.1) is 11.4 Å². The Morgan fingerprint density at radius 3 is 1.95 bits per heavy atom. The standard InChI is InChI=1S/C15H19FN2.C2H6/c1-11(2)10-15(12(3)4)18(17-5)14-8-6-13(16)7-9-14;1-2/h6-10H,5H2,1-4H3;1-2H3. The van der Waals surface area contributed by atoms with Crippen molar-refractivity contribution in [2.24, 2.45) is 5.10 Å². The first-order valence-electron chi connectivity index (χ1n) is 6.80. The zero-order valence-corrected chi connectivity index (χ0v) is 13.4. The van der Waals surface area contributed by atoms with Crippen LogP contribution in [0.15, 0.2) is 52.3 Å². The third kappa shape index (κ3) is 5.39. The predicted molar refractivity (Wildman–Crippen MR) is 87.6 cm³/mol. The number of nitrogens with zero attached hydrogens (tertiary/aromatic N) is 2. The summed E-state index contributed by atoms with van der Waals surface area (Å²) < 4.78 is 12.9. The lowest BCUT2D eigenvalue weighted by molar-refractivity contribution is 0.627. The zero-order chi connectivity index (χ0) is 15.7. The van der Waals surface area contributed by atoms with Crippen molar-refractivity contribution in [3.63, 3.8) is 0 Å². The van der Waals surface area contributed by atoms with E-state index < -0.39 is 0 Å².